The smallest absolute Gasteiger partial charge is 0.191 e. The molecule has 0 aliphatic heterocycles. The van der Waals surface area contributed by atoms with Gasteiger partial charge in [-0.1, -0.05) is 0 Å². The van der Waals surface area contributed by atoms with Gasteiger partial charge in [0.25, 0.3) is 0 Å². The topological polar surface area (TPSA) is 33.0 Å². The van der Waals surface area contributed by atoms with Crippen LogP contribution in [0.2, 0.25) is 0 Å². The van der Waals surface area contributed by atoms with Crippen LogP contribution in [0.4, 0.5) is 8.78 Å². The van der Waals surface area contributed by atoms with Crippen LogP contribution in [0.3, 0.4) is 0 Å². The molecule has 0 bridgehead atoms. The third-order valence-electron chi connectivity index (χ3n) is 1.44. The summed E-state index contributed by atoms with van der Waals surface area (Å²) < 4.78 is 30.6. The van der Waals surface area contributed by atoms with Crippen LogP contribution in [-0.4, -0.2) is 7.11 Å². The fourth-order valence-corrected chi connectivity index (χ4v) is 1.33. The Morgan fingerprint density at radius 1 is 1.54 bits per heavy atom. The van der Waals surface area contributed by atoms with Crippen LogP contribution < -0.4 is 4.74 Å². The van der Waals surface area contributed by atoms with E-state index in [2.05, 4.69) is 20.7 Å². The highest BCUT2D eigenvalue weighted by molar-refractivity contribution is 9.10. The van der Waals surface area contributed by atoms with E-state index in [-0.39, 0.29) is 10.0 Å². The predicted molar refractivity (Wildman–Crippen MR) is 45.3 cm³/mol. The van der Waals surface area contributed by atoms with Crippen molar-refractivity contribution in [3.8, 4) is 11.8 Å². The molecule has 0 unspecified atom stereocenters. The third-order valence-corrected chi connectivity index (χ3v) is 2.07. The summed E-state index contributed by atoms with van der Waals surface area (Å²) in [7, 11) is 1.14. The molecule has 0 heterocycles. The molecular formula is C8H4BrF2NO. The maximum absolute atomic E-state index is 13.2. The van der Waals surface area contributed by atoms with E-state index in [9.17, 15) is 8.78 Å². The summed E-state index contributed by atoms with van der Waals surface area (Å²) >= 11 is 2.86. The quantitative estimate of drug-likeness (QED) is 0.765. The molecule has 1 aromatic carbocycles. The maximum atomic E-state index is 13.2. The van der Waals surface area contributed by atoms with Crippen LogP contribution in [0, 0.1) is 23.0 Å². The first-order chi connectivity index (χ1) is 6.11. The summed E-state index contributed by atoms with van der Waals surface area (Å²) in [4.78, 5) is 0. The van der Waals surface area contributed by atoms with Gasteiger partial charge in [0.2, 0.25) is 0 Å². The summed E-state index contributed by atoms with van der Waals surface area (Å²) in [5.41, 5.74) is -0.266. The van der Waals surface area contributed by atoms with Gasteiger partial charge >= 0.3 is 0 Å². The van der Waals surface area contributed by atoms with Gasteiger partial charge in [0, 0.05) is 4.47 Å². The number of ether oxygens (including phenoxy) is 1. The second-order valence-corrected chi connectivity index (χ2v) is 3.03. The number of rotatable bonds is 1. The average Bonchev–Trinajstić information content (AvgIpc) is 2.04. The second kappa shape index (κ2) is 3.71. The molecular weight excluding hydrogens is 244 g/mol. The highest BCUT2D eigenvalue weighted by Crippen LogP contribution is 2.29. The lowest BCUT2D eigenvalue weighted by atomic mass is 10.2. The van der Waals surface area contributed by atoms with E-state index >= 15 is 0 Å². The fourth-order valence-electron chi connectivity index (χ4n) is 0.862. The summed E-state index contributed by atoms with van der Waals surface area (Å²) in [6, 6.07) is 2.58. The molecule has 1 aromatic rings. The van der Waals surface area contributed by atoms with E-state index in [1.54, 1.807) is 6.07 Å². The standard InChI is InChI=1S/C8H4BrF2NO/c1-13-8-6(10)2-5(9)4(3-12)7(8)11/h2H,1H3. The molecule has 0 N–H and O–H groups in total. The molecule has 0 aliphatic rings. The van der Waals surface area contributed by atoms with Crippen molar-refractivity contribution in [2.45, 2.75) is 0 Å². The Hall–Kier alpha value is -1.15. The van der Waals surface area contributed by atoms with E-state index in [1.807, 2.05) is 0 Å². The van der Waals surface area contributed by atoms with E-state index in [1.165, 1.54) is 0 Å². The Morgan fingerprint density at radius 3 is 2.62 bits per heavy atom. The van der Waals surface area contributed by atoms with Crippen molar-refractivity contribution in [2.24, 2.45) is 0 Å². The molecule has 5 heteroatoms. The van der Waals surface area contributed by atoms with Crippen LogP contribution in [0.15, 0.2) is 10.5 Å². The van der Waals surface area contributed by atoms with Crippen molar-refractivity contribution in [3.05, 3.63) is 27.7 Å². The molecule has 2 nitrogen and oxygen atoms in total. The third kappa shape index (κ3) is 1.63. The lowest BCUT2D eigenvalue weighted by molar-refractivity contribution is 0.359. The van der Waals surface area contributed by atoms with Gasteiger partial charge in [-0.25, -0.2) is 8.78 Å². The van der Waals surface area contributed by atoms with Crippen LogP contribution in [0.25, 0.3) is 0 Å². The summed E-state index contributed by atoms with van der Waals surface area (Å²) in [5.74, 6) is -2.37. The monoisotopic (exact) mass is 247 g/mol. The van der Waals surface area contributed by atoms with Crippen LogP contribution >= 0.6 is 15.9 Å². The molecule has 0 fully saturated rings. The van der Waals surface area contributed by atoms with Gasteiger partial charge in [0.05, 0.1) is 7.11 Å². The minimum Gasteiger partial charge on any atom is -0.491 e. The molecule has 0 aliphatic carbocycles. The van der Waals surface area contributed by atoms with Gasteiger partial charge in [0.1, 0.15) is 11.6 Å². The number of hydrogen-bond acceptors (Lipinski definition) is 2. The van der Waals surface area contributed by atoms with E-state index < -0.39 is 17.4 Å². The lowest BCUT2D eigenvalue weighted by Crippen LogP contribution is -1.96. The first-order valence-corrected chi connectivity index (χ1v) is 4.02. The zero-order valence-electron chi connectivity index (χ0n) is 6.57. The Labute approximate surface area is 81.9 Å². The molecule has 1 rings (SSSR count). The normalized spacial score (nSPS) is 9.46. The fraction of sp³-hybridized carbons (Fsp3) is 0.125. The molecule has 0 aromatic heterocycles. The molecule has 0 saturated carbocycles. The van der Waals surface area contributed by atoms with Gasteiger partial charge < -0.3 is 4.74 Å². The van der Waals surface area contributed by atoms with Crippen molar-refractivity contribution in [1.29, 1.82) is 5.26 Å². The highest BCUT2D eigenvalue weighted by Gasteiger charge is 2.17. The van der Waals surface area contributed by atoms with E-state index in [0.29, 0.717) is 0 Å². The number of hydrogen-bond donors (Lipinski definition) is 0. The van der Waals surface area contributed by atoms with E-state index in [0.717, 1.165) is 13.2 Å². The van der Waals surface area contributed by atoms with Gasteiger partial charge in [-0.2, -0.15) is 5.26 Å². The Kier molecular flexibility index (Phi) is 2.83. The number of benzene rings is 1. The van der Waals surface area contributed by atoms with Crippen molar-refractivity contribution in [1.82, 2.24) is 0 Å². The zero-order chi connectivity index (χ0) is 10.0. The zero-order valence-corrected chi connectivity index (χ0v) is 8.15. The van der Waals surface area contributed by atoms with Gasteiger partial charge in [-0.15, -0.1) is 0 Å². The largest absolute Gasteiger partial charge is 0.491 e. The summed E-state index contributed by atoms with van der Waals surface area (Å²) in [5, 5.41) is 8.51. The Balaban J connectivity index is 3.51. The van der Waals surface area contributed by atoms with Crippen LogP contribution in [0.5, 0.6) is 5.75 Å². The van der Waals surface area contributed by atoms with Crippen molar-refractivity contribution in [2.75, 3.05) is 7.11 Å². The van der Waals surface area contributed by atoms with E-state index in [4.69, 9.17) is 5.26 Å². The number of nitrogens with zero attached hydrogens (tertiary/aromatic N) is 1. The first-order valence-electron chi connectivity index (χ1n) is 3.23. The number of methoxy groups -OCH3 is 1. The second-order valence-electron chi connectivity index (χ2n) is 2.17. The molecule has 68 valence electrons. The first kappa shape index (κ1) is 9.93. The van der Waals surface area contributed by atoms with Gasteiger partial charge in [0.15, 0.2) is 17.4 Å². The molecule has 0 atom stereocenters. The van der Waals surface area contributed by atoms with Crippen molar-refractivity contribution in [3.63, 3.8) is 0 Å². The summed E-state index contributed by atoms with van der Waals surface area (Å²) in [6.45, 7) is 0. The minimum atomic E-state index is -0.989. The molecule has 0 spiro atoms. The predicted octanol–water partition coefficient (Wildman–Crippen LogP) is 2.61. The number of nitriles is 1. The minimum absolute atomic E-state index is 0.0748. The highest BCUT2D eigenvalue weighted by atomic mass is 79.9. The molecule has 0 amide bonds. The van der Waals surface area contributed by atoms with Crippen molar-refractivity contribution >= 4 is 15.9 Å². The van der Waals surface area contributed by atoms with Crippen LogP contribution in [-0.2, 0) is 0 Å². The Morgan fingerprint density at radius 2 is 2.15 bits per heavy atom. The number of halogens is 3. The SMILES string of the molecule is COc1c(F)cc(Br)c(C#N)c1F. The maximum Gasteiger partial charge on any atom is 0.191 e. The average molecular weight is 248 g/mol. The lowest BCUT2D eigenvalue weighted by Gasteiger charge is -2.05. The van der Waals surface area contributed by atoms with Crippen molar-refractivity contribution < 1.29 is 13.5 Å². The summed E-state index contributed by atoms with van der Waals surface area (Å²) in [6.07, 6.45) is 0. The van der Waals surface area contributed by atoms with Gasteiger partial charge in [-0.3, -0.25) is 0 Å². The molecule has 0 saturated heterocycles. The Bertz CT molecular complexity index is 387. The molecule has 0 radical (unpaired) electrons. The van der Waals surface area contributed by atoms with Crippen LogP contribution in [0.1, 0.15) is 5.56 Å². The molecule has 13 heavy (non-hydrogen) atoms. The van der Waals surface area contributed by atoms with Gasteiger partial charge in [-0.05, 0) is 22.0 Å².